The number of carbonyl (C=O) groups is 2. The average molecular weight is 346 g/mol. The van der Waals surface area contributed by atoms with E-state index in [1.807, 2.05) is 30.0 Å². The van der Waals surface area contributed by atoms with Crippen molar-refractivity contribution in [2.75, 3.05) is 59.9 Å². The van der Waals surface area contributed by atoms with Gasteiger partial charge in [0.2, 0.25) is 11.8 Å². The molecule has 0 spiro atoms. The highest BCUT2D eigenvalue weighted by molar-refractivity contribution is 5.83. The highest BCUT2D eigenvalue weighted by Crippen LogP contribution is 2.09. The summed E-state index contributed by atoms with van der Waals surface area (Å²) in [5, 5.41) is 0. The van der Waals surface area contributed by atoms with Gasteiger partial charge in [-0.1, -0.05) is 30.3 Å². The summed E-state index contributed by atoms with van der Waals surface area (Å²) >= 11 is 0. The van der Waals surface area contributed by atoms with Gasteiger partial charge < -0.3 is 14.7 Å². The number of benzene rings is 1. The Balaban J connectivity index is 1.78. The first kappa shape index (κ1) is 19.4. The third-order valence-electron chi connectivity index (χ3n) is 4.56. The van der Waals surface area contributed by atoms with Crippen LogP contribution in [0.3, 0.4) is 0 Å². The van der Waals surface area contributed by atoms with Crippen LogP contribution in [0.25, 0.3) is 0 Å². The number of nitrogens with zero attached hydrogens (tertiary/aromatic N) is 4. The van der Waals surface area contributed by atoms with Crippen LogP contribution in [0.1, 0.15) is 12.5 Å². The maximum Gasteiger partial charge on any atom is 0.242 e. The van der Waals surface area contributed by atoms with Gasteiger partial charge >= 0.3 is 0 Å². The topological polar surface area (TPSA) is 47.1 Å². The molecule has 0 unspecified atom stereocenters. The summed E-state index contributed by atoms with van der Waals surface area (Å²) in [4.78, 5) is 32.2. The van der Waals surface area contributed by atoms with Crippen LogP contribution in [0, 0.1) is 0 Å². The summed E-state index contributed by atoms with van der Waals surface area (Å²) < 4.78 is 0. The summed E-state index contributed by atoms with van der Waals surface area (Å²) in [6.45, 7) is 7.18. The predicted molar refractivity (Wildman–Crippen MR) is 99.1 cm³/mol. The number of hydrogen-bond donors (Lipinski definition) is 0. The van der Waals surface area contributed by atoms with Gasteiger partial charge in [-0.05, 0) is 19.7 Å². The van der Waals surface area contributed by atoms with E-state index < -0.39 is 0 Å². The minimum absolute atomic E-state index is 0.0436. The van der Waals surface area contributed by atoms with Crippen LogP contribution in [-0.2, 0) is 16.1 Å². The van der Waals surface area contributed by atoms with Crippen LogP contribution in [-0.4, -0.2) is 91.3 Å². The highest BCUT2D eigenvalue weighted by atomic mass is 16.2. The lowest BCUT2D eigenvalue weighted by molar-refractivity contribution is -0.140. The summed E-state index contributed by atoms with van der Waals surface area (Å²) in [5.41, 5.74) is 1.30. The van der Waals surface area contributed by atoms with Gasteiger partial charge in [0.25, 0.3) is 0 Å². The number of piperazine rings is 1. The molecule has 1 aromatic carbocycles. The molecule has 1 aliphatic heterocycles. The molecule has 2 rings (SSSR count). The molecule has 1 saturated heterocycles. The second-order valence-corrected chi connectivity index (χ2v) is 6.89. The molecule has 138 valence electrons. The number of likely N-dealkylation sites (N-methyl/N-ethyl adjacent to an activating group) is 1. The van der Waals surface area contributed by atoms with Crippen molar-refractivity contribution < 1.29 is 9.59 Å². The van der Waals surface area contributed by atoms with Gasteiger partial charge in [-0.2, -0.15) is 0 Å². The fourth-order valence-corrected chi connectivity index (χ4v) is 2.93. The van der Waals surface area contributed by atoms with Gasteiger partial charge in [-0.15, -0.1) is 0 Å². The van der Waals surface area contributed by atoms with Crippen molar-refractivity contribution >= 4 is 11.8 Å². The molecule has 25 heavy (non-hydrogen) atoms. The minimum Gasteiger partial charge on any atom is -0.339 e. The molecule has 1 aliphatic rings. The van der Waals surface area contributed by atoms with E-state index in [9.17, 15) is 9.59 Å². The molecule has 1 fully saturated rings. The Morgan fingerprint density at radius 3 is 2.20 bits per heavy atom. The largest absolute Gasteiger partial charge is 0.339 e. The van der Waals surface area contributed by atoms with Crippen molar-refractivity contribution in [3.8, 4) is 0 Å². The molecule has 1 heterocycles. The van der Waals surface area contributed by atoms with Crippen molar-refractivity contribution in [2.24, 2.45) is 0 Å². The first-order valence-electron chi connectivity index (χ1n) is 8.90. The Kier molecular flexibility index (Phi) is 7.40. The normalized spacial score (nSPS) is 15.4. The summed E-state index contributed by atoms with van der Waals surface area (Å²) in [6, 6.07) is 10.4. The molecule has 0 radical (unpaired) electrons. The summed E-state index contributed by atoms with van der Waals surface area (Å²) in [6.07, 6.45) is 0. The molecule has 0 bridgehead atoms. The van der Waals surface area contributed by atoms with Crippen LogP contribution in [0.5, 0.6) is 0 Å². The van der Waals surface area contributed by atoms with E-state index in [0.717, 1.165) is 39.3 Å². The summed E-state index contributed by atoms with van der Waals surface area (Å²) in [7, 11) is 3.93. The van der Waals surface area contributed by atoms with Gasteiger partial charge in [-0.25, -0.2) is 0 Å². The van der Waals surface area contributed by atoms with Crippen LogP contribution in [0.4, 0.5) is 0 Å². The molecule has 0 atom stereocenters. The van der Waals surface area contributed by atoms with Gasteiger partial charge in [-0.3, -0.25) is 14.5 Å². The lowest BCUT2D eigenvalue weighted by Gasteiger charge is -2.36. The average Bonchev–Trinajstić information content (AvgIpc) is 2.59. The van der Waals surface area contributed by atoms with Crippen molar-refractivity contribution in [1.29, 1.82) is 0 Å². The molecule has 2 amide bonds. The third kappa shape index (κ3) is 6.48. The monoisotopic (exact) mass is 346 g/mol. The van der Waals surface area contributed by atoms with Crippen LogP contribution < -0.4 is 0 Å². The second kappa shape index (κ2) is 9.53. The van der Waals surface area contributed by atoms with Crippen molar-refractivity contribution in [2.45, 2.75) is 13.5 Å². The zero-order valence-electron chi connectivity index (χ0n) is 15.6. The predicted octanol–water partition coefficient (Wildman–Crippen LogP) is 0.741. The van der Waals surface area contributed by atoms with Crippen molar-refractivity contribution in [3.63, 3.8) is 0 Å². The van der Waals surface area contributed by atoms with Gasteiger partial charge in [0.1, 0.15) is 0 Å². The van der Waals surface area contributed by atoms with E-state index in [-0.39, 0.29) is 18.4 Å². The third-order valence-corrected chi connectivity index (χ3v) is 4.56. The van der Waals surface area contributed by atoms with Crippen molar-refractivity contribution in [3.05, 3.63) is 35.9 Å². The first-order valence-corrected chi connectivity index (χ1v) is 8.90. The quantitative estimate of drug-likeness (QED) is 0.731. The summed E-state index contributed by atoms with van der Waals surface area (Å²) in [5.74, 6) is 0.00577. The van der Waals surface area contributed by atoms with Crippen molar-refractivity contribution in [1.82, 2.24) is 19.6 Å². The maximum absolute atomic E-state index is 12.5. The zero-order valence-corrected chi connectivity index (χ0v) is 15.6. The Labute approximate surface area is 151 Å². The SMILES string of the molecule is CC(=O)N(CCN(C)C)CC(=O)N1CCN(Cc2ccccc2)CC1. The van der Waals surface area contributed by atoms with E-state index in [1.54, 1.807) is 4.90 Å². The Morgan fingerprint density at radius 1 is 1.00 bits per heavy atom. The first-order chi connectivity index (χ1) is 12.0. The molecule has 0 aromatic heterocycles. The van der Waals surface area contributed by atoms with E-state index >= 15 is 0 Å². The molecule has 0 aliphatic carbocycles. The maximum atomic E-state index is 12.5. The Hall–Kier alpha value is -1.92. The van der Waals surface area contributed by atoms with Gasteiger partial charge in [0.15, 0.2) is 0 Å². The lowest BCUT2D eigenvalue weighted by atomic mass is 10.2. The number of amides is 2. The fourth-order valence-electron chi connectivity index (χ4n) is 2.93. The van der Waals surface area contributed by atoms with E-state index in [0.29, 0.717) is 6.54 Å². The Morgan fingerprint density at radius 2 is 1.64 bits per heavy atom. The molecule has 0 saturated carbocycles. The van der Waals surface area contributed by atoms with Crippen LogP contribution in [0.2, 0.25) is 0 Å². The number of carbonyl (C=O) groups excluding carboxylic acids is 2. The highest BCUT2D eigenvalue weighted by Gasteiger charge is 2.23. The molecule has 0 N–H and O–H groups in total. The van der Waals surface area contributed by atoms with Crippen LogP contribution in [0.15, 0.2) is 30.3 Å². The van der Waals surface area contributed by atoms with Crippen LogP contribution >= 0.6 is 0 Å². The number of rotatable bonds is 7. The molecule has 6 heteroatoms. The molecular formula is C19H30N4O2. The zero-order chi connectivity index (χ0) is 18.2. The molecular weight excluding hydrogens is 316 g/mol. The fraction of sp³-hybridized carbons (Fsp3) is 0.579. The minimum atomic E-state index is -0.0436. The Bertz CT molecular complexity index is 554. The molecule has 6 nitrogen and oxygen atoms in total. The standard InChI is InChI=1S/C19H30N4O2/c1-17(24)23(12-9-20(2)3)16-19(25)22-13-10-21(11-14-22)15-18-7-5-4-6-8-18/h4-8H,9-16H2,1-3H3. The smallest absolute Gasteiger partial charge is 0.242 e. The van der Waals surface area contributed by atoms with E-state index in [4.69, 9.17) is 0 Å². The van der Waals surface area contributed by atoms with Gasteiger partial charge in [0.05, 0.1) is 6.54 Å². The number of hydrogen-bond acceptors (Lipinski definition) is 4. The lowest BCUT2D eigenvalue weighted by Crippen LogP contribution is -2.51. The van der Waals surface area contributed by atoms with E-state index in [2.05, 4.69) is 29.2 Å². The van der Waals surface area contributed by atoms with E-state index in [1.165, 1.54) is 12.5 Å². The second-order valence-electron chi connectivity index (χ2n) is 6.89. The van der Waals surface area contributed by atoms with Gasteiger partial charge in [0, 0.05) is 52.7 Å². The molecule has 1 aromatic rings.